The number of rotatable bonds is 5. The molecule has 0 radical (unpaired) electrons. The van der Waals surface area contributed by atoms with Gasteiger partial charge in [-0.05, 0) is 60.5 Å². The van der Waals surface area contributed by atoms with Crippen molar-refractivity contribution in [2.45, 2.75) is 20.0 Å². The Labute approximate surface area is 192 Å². The molecule has 1 aliphatic rings. The van der Waals surface area contributed by atoms with Crippen LogP contribution in [0.1, 0.15) is 35.5 Å². The first-order chi connectivity index (χ1) is 16.0. The fraction of sp³-hybridized carbons (Fsp3) is 0.160. The van der Waals surface area contributed by atoms with Crippen molar-refractivity contribution in [2.75, 3.05) is 5.01 Å². The molecule has 0 saturated heterocycles. The number of carbonyl (C=O) groups is 2. The van der Waals surface area contributed by atoms with Gasteiger partial charge in [-0.15, -0.1) is 0 Å². The van der Waals surface area contributed by atoms with E-state index in [1.165, 1.54) is 53.5 Å². The number of amides is 1. The largest absolute Gasteiger partial charge is 0.478 e. The number of alkyl halides is 3. The average Bonchev–Trinajstić information content (AvgIpc) is 3.39. The smallest absolute Gasteiger partial charge is 0.416 e. The Morgan fingerprint density at radius 3 is 2.41 bits per heavy atom. The average molecular weight is 468 g/mol. The van der Waals surface area contributed by atoms with Crippen LogP contribution in [0.15, 0.2) is 75.8 Å². The second-order valence-corrected chi connectivity index (χ2v) is 7.95. The van der Waals surface area contributed by atoms with Gasteiger partial charge in [-0.1, -0.05) is 26.0 Å². The summed E-state index contributed by atoms with van der Waals surface area (Å²) in [4.78, 5) is 24.2. The summed E-state index contributed by atoms with van der Waals surface area (Å²) in [6.45, 7) is 3.74. The number of halogens is 3. The highest BCUT2D eigenvalue weighted by Crippen LogP contribution is 2.33. The number of carboxylic acid groups (broad SMARTS) is 1. The highest BCUT2D eigenvalue weighted by Gasteiger charge is 2.33. The van der Waals surface area contributed by atoms with E-state index in [4.69, 9.17) is 9.52 Å². The molecule has 2 aromatic carbocycles. The third kappa shape index (κ3) is 4.50. The number of hydrazone groups is 1. The summed E-state index contributed by atoms with van der Waals surface area (Å²) in [6.07, 6.45) is -2.97. The van der Waals surface area contributed by atoms with Gasteiger partial charge >= 0.3 is 12.1 Å². The van der Waals surface area contributed by atoms with E-state index >= 15 is 0 Å². The Balaban J connectivity index is 1.65. The molecule has 3 aromatic rings. The van der Waals surface area contributed by atoms with Gasteiger partial charge in [-0.2, -0.15) is 23.3 Å². The van der Waals surface area contributed by atoms with Gasteiger partial charge < -0.3 is 9.52 Å². The Morgan fingerprint density at radius 2 is 1.79 bits per heavy atom. The molecule has 1 aliphatic heterocycles. The maximum atomic E-state index is 13.1. The number of carboxylic acids is 1. The number of furan rings is 1. The van der Waals surface area contributed by atoms with Crippen LogP contribution in [0.5, 0.6) is 0 Å². The summed E-state index contributed by atoms with van der Waals surface area (Å²) in [7, 11) is 0. The third-order valence-electron chi connectivity index (χ3n) is 5.20. The number of hydrogen-bond donors (Lipinski definition) is 1. The maximum absolute atomic E-state index is 13.1. The van der Waals surface area contributed by atoms with E-state index in [1.54, 1.807) is 6.07 Å². The minimum Gasteiger partial charge on any atom is -0.478 e. The minimum absolute atomic E-state index is 0.0805. The van der Waals surface area contributed by atoms with Crippen LogP contribution in [0.3, 0.4) is 0 Å². The lowest BCUT2D eigenvalue weighted by Crippen LogP contribution is -2.21. The van der Waals surface area contributed by atoms with Crippen LogP contribution in [-0.2, 0) is 11.0 Å². The summed E-state index contributed by atoms with van der Waals surface area (Å²) in [5, 5.41) is 14.7. The Hall–Kier alpha value is -4.14. The van der Waals surface area contributed by atoms with E-state index in [2.05, 4.69) is 5.10 Å². The van der Waals surface area contributed by atoms with Crippen molar-refractivity contribution in [1.82, 2.24) is 0 Å². The number of carbonyl (C=O) groups excluding carboxylic acids is 1. The number of anilines is 1. The summed E-state index contributed by atoms with van der Waals surface area (Å²) in [5.74, 6) is -1.11. The monoisotopic (exact) mass is 468 g/mol. The van der Waals surface area contributed by atoms with Crippen molar-refractivity contribution in [3.63, 3.8) is 0 Å². The Morgan fingerprint density at radius 1 is 1.09 bits per heavy atom. The lowest BCUT2D eigenvalue weighted by Gasteiger charge is -2.11. The fourth-order valence-corrected chi connectivity index (χ4v) is 3.49. The van der Waals surface area contributed by atoms with Gasteiger partial charge in [0.2, 0.25) is 0 Å². The van der Waals surface area contributed by atoms with Crippen LogP contribution in [0.4, 0.5) is 18.9 Å². The zero-order valence-electron chi connectivity index (χ0n) is 18.1. The molecular weight excluding hydrogens is 449 g/mol. The van der Waals surface area contributed by atoms with Crippen LogP contribution in [0, 0.1) is 5.92 Å². The lowest BCUT2D eigenvalue weighted by atomic mass is 9.99. The van der Waals surface area contributed by atoms with Gasteiger partial charge in [0.1, 0.15) is 11.5 Å². The zero-order valence-corrected chi connectivity index (χ0v) is 18.1. The molecule has 1 aromatic heterocycles. The summed E-state index contributed by atoms with van der Waals surface area (Å²) >= 11 is 0. The van der Waals surface area contributed by atoms with Crippen LogP contribution in [0.2, 0.25) is 0 Å². The molecular formula is C25H19F3N2O4. The van der Waals surface area contributed by atoms with E-state index < -0.39 is 23.6 Å². The summed E-state index contributed by atoms with van der Waals surface area (Å²) in [6, 6.07) is 13.6. The van der Waals surface area contributed by atoms with E-state index in [-0.39, 0.29) is 34.1 Å². The molecule has 2 heterocycles. The number of nitrogens with zero attached hydrogens (tertiary/aromatic N) is 2. The van der Waals surface area contributed by atoms with Crippen molar-refractivity contribution in [3.8, 4) is 11.3 Å². The highest BCUT2D eigenvalue weighted by molar-refractivity contribution is 6.33. The molecule has 0 spiro atoms. The Kier molecular flexibility index (Phi) is 5.87. The molecule has 0 fully saturated rings. The first-order valence-corrected chi connectivity index (χ1v) is 10.3. The molecule has 0 unspecified atom stereocenters. The van der Waals surface area contributed by atoms with Crippen LogP contribution >= 0.6 is 0 Å². The van der Waals surface area contributed by atoms with Gasteiger partial charge in [0.15, 0.2) is 0 Å². The highest BCUT2D eigenvalue weighted by atomic mass is 19.4. The molecule has 9 heteroatoms. The normalized spacial score (nSPS) is 15.4. The van der Waals surface area contributed by atoms with Crippen LogP contribution in [0.25, 0.3) is 17.4 Å². The van der Waals surface area contributed by atoms with Crippen LogP contribution in [-0.4, -0.2) is 22.7 Å². The van der Waals surface area contributed by atoms with Gasteiger partial charge in [-0.25, -0.2) is 4.79 Å². The van der Waals surface area contributed by atoms with Gasteiger partial charge in [0.05, 0.1) is 28.1 Å². The quantitative estimate of drug-likeness (QED) is 0.458. The lowest BCUT2D eigenvalue weighted by molar-refractivity contribution is -0.137. The van der Waals surface area contributed by atoms with E-state index in [1.807, 2.05) is 13.8 Å². The SMILES string of the molecule is CC(C)C1=NN(c2ccc(C(=O)O)cc2)C(=O)C1=Cc1ccc(-c2cccc(C(F)(F)F)c2)o1. The summed E-state index contributed by atoms with van der Waals surface area (Å²) < 4.78 is 44.8. The number of hydrogen-bond acceptors (Lipinski definition) is 4. The van der Waals surface area contributed by atoms with Gasteiger partial charge in [0.25, 0.3) is 5.91 Å². The van der Waals surface area contributed by atoms with Gasteiger partial charge in [-0.3, -0.25) is 4.79 Å². The third-order valence-corrected chi connectivity index (χ3v) is 5.20. The predicted molar refractivity (Wildman–Crippen MR) is 120 cm³/mol. The minimum atomic E-state index is -4.47. The second-order valence-electron chi connectivity index (χ2n) is 7.95. The molecule has 1 N–H and O–H groups in total. The molecule has 6 nitrogen and oxygen atoms in total. The molecule has 0 bridgehead atoms. The van der Waals surface area contributed by atoms with Crippen LogP contribution < -0.4 is 5.01 Å². The topological polar surface area (TPSA) is 83.1 Å². The summed E-state index contributed by atoms with van der Waals surface area (Å²) in [5.41, 5.74) is 0.741. The molecule has 0 saturated carbocycles. The van der Waals surface area contributed by atoms with Crippen molar-refractivity contribution in [1.29, 1.82) is 0 Å². The maximum Gasteiger partial charge on any atom is 0.416 e. The predicted octanol–water partition coefficient (Wildman–Crippen LogP) is 6.11. The van der Waals surface area contributed by atoms with E-state index in [0.717, 1.165) is 12.1 Å². The standard InChI is InChI=1S/C25H19F3N2O4/c1-14(2)22-20(23(31)30(29-22)18-8-6-15(7-9-18)24(32)33)13-19-10-11-21(34-19)16-4-3-5-17(12-16)25(26,27)28/h3-14H,1-2H3,(H,32,33). The molecule has 174 valence electrons. The van der Waals surface area contributed by atoms with E-state index in [0.29, 0.717) is 11.4 Å². The first-order valence-electron chi connectivity index (χ1n) is 10.3. The van der Waals surface area contributed by atoms with Gasteiger partial charge in [0, 0.05) is 5.56 Å². The van der Waals surface area contributed by atoms with Crippen molar-refractivity contribution in [3.05, 3.63) is 83.1 Å². The molecule has 0 atom stereocenters. The molecule has 34 heavy (non-hydrogen) atoms. The fourth-order valence-electron chi connectivity index (χ4n) is 3.49. The van der Waals surface area contributed by atoms with Crippen molar-refractivity contribution in [2.24, 2.45) is 11.0 Å². The molecule has 0 aliphatic carbocycles. The molecule has 4 rings (SSSR count). The van der Waals surface area contributed by atoms with Crippen molar-refractivity contribution < 1.29 is 32.3 Å². The second kappa shape index (κ2) is 8.66. The molecule has 1 amide bonds. The zero-order chi connectivity index (χ0) is 24.6. The van der Waals surface area contributed by atoms with E-state index in [9.17, 15) is 22.8 Å². The van der Waals surface area contributed by atoms with Crippen molar-refractivity contribution >= 4 is 29.4 Å². The number of aromatic carboxylic acids is 1. The first kappa shape index (κ1) is 23.0. The Bertz CT molecular complexity index is 1320. The number of benzene rings is 2.